The van der Waals surface area contributed by atoms with Gasteiger partial charge < -0.3 is 20.3 Å². The molecule has 0 bridgehead atoms. The number of anilines is 1. The van der Waals surface area contributed by atoms with Gasteiger partial charge in [-0.2, -0.15) is 5.10 Å². The number of aromatic nitrogens is 3. The number of pyridine rings is 1. The summed E-state index contributed by atoms with van der Waals surface area (Å²) in [6.07, 6.45) is 8.19. The fourth-order valence-corrected chi connectivity index (χ4v) is 3.54. The lowest BCUT2D eigenvalue weighted by molar-refractivity contribution is 0.0963. The third-order valence-electron chi connectivity index (χ3n) is 5.59. The second-order valence-electron chi connectivity index (χ2n) is 8.67. The third kappa shape index (κ3) is 6.75. The number of nitrogens with zero attached hydrogens (tertiary/aromatic N) is 3. The summed E-state index contributed by atoms with van der Waals surface area (Å²) in [5.41, 5.74) is 3.51. The predicted octanol–water partition coefficient (Wildman–Crippen LogP) is 5.64. The summed E-state index contributed by atoms with van der Waals surface area (Å²) in [6, 6.07) is 12.7. The molecule has 0 aliphatic heterocycles. The topological polar surface area (TPSA) is 112 Å². The van der Waals surface area contributed by atoms with Crippen molar-refractivity contribution >= 4 is 28.5 Å². The number of carbonyl (C=O) groups excluding carboxylic acids is 2. The van der Waals surface area contributed by atoms with Crippen molar-refractivity contribution in [2.75, 3.05) is 19.4 Å². The van der Waals surface area contributed by atoms with Gasteiger partial charge in [0, 0.05) is 36.9 Å². The van der Waals surface area contributed by atoms with E-state index in [1.165, 1.54) is 29.2 Å². The Morgan fingerprint density at radius 2 is 1.82 bits per heavy atom. The van der Waals surface area contributed by atoms with E-state index in [-0.39, 0.29) is 17.5 Å². The number of amides is 3. The summed E-state index contributed by atoms with van der Waals surface area (Å²) in [5.74, 6) is -0.0233. The molecule has 0 saturated carbocycles. The first-order chi connectivity index (χ1) is 18.7. The van der Waals surface area contributed by atoms with Crippen LogP contribution < -0.4 is 15.4 Å². The Balaban J connectivity index is 1.49. The number of H-pyrrole nitrogens is 1. The number of hydrogen-bond acceptors (Lipinski definition) is 5. The summed E-state index contributed by atoms with van der Waals surface area (Å²) in [4.78, 5) is 30.8. The maximum absolute atomic E-state index is 13.1. The molecule has 0 spiro atoms. The first-order valence-electron chi connectivity index (χ1n) is 11.9. The molecule has 0 saturated heterocycles. The molecule has 198 valence electrons. The summed E-state index contributed by atoms with van der Waals surface area (Å²) < 4.78 is 18.6. The molecule has 39 heavy (non-hydrogen) atoms. The highest BCUT2D eigenvalue weighted by Gasteiger charge is 2.16. The molecule has 2 aromatic heterocycles. The number of allylic oxidation sites excluding steroid dienone is 3. The molecule has 0 unspecified atom stereocenters. The maximum Gasteiger partial charge on any atom is 0.321 e. The van der Waals surface area contributed by atoms with Crippen molar-refractivity contribution in [3.05, 3.63) is 109 Å². The average Bonchev–Trinajstić information content (AvgIpc) is 3.36. The molecule has 2 heterocycles. The quantitative estimate of drug-likeness (QED) is 0.203. The zero-order chi connectivity index (χ0) is 27.9. The summed E-state index contributed by atoms with van der Waals surface area (Å²) >= 11 is 0. The molecule has 0 atom stereocenters. The van der Waals surface area contributed by atoms with Gasteiger partial charge in [-0.15, -0.1) is 0 Å². The first-order valence-corrected chi connectivity index (χ1v) is 11.9. The Morgan fingerprint density at radius 1 is 1.05 bits per heavy atom. The highest BCUT2D eigenvalue weighted by molar-refractivity contribution is 6.06. The van der Waals surface area contributed by atoms with E-state index >= 15 is 0 Å². The second kappa shape index (κ2) is 11.9. The van der Waals surface area contributed by atoms with Crippen molar-refractivity contribution in [3.63, 3.8) is 0 Å². The van der Waals surface area contributed by atoms with E-state index in [9.17, 15) is 14.0 Å². The number of ether oxygens (including phenoxy) is 1. The number of rotatable bonds is 8. The molecule has 4 rings (SSSR count). The minimum Gasteiger partial charge on any atom is -0.458 e. The highest BCUT2D eigenvalue weighted by atomic mass is 19.1. The van der Waals surface area contributed by atoms with Crippen molar-refractivity contribution in [3.8, 4) is 16.9 Å². The Hall–Kier alpha value is -5.25. The van der Waals surface area contributed by atoms with Crippen LogP contribution in [0.5, 0.6) is 5.75 Å². The predicted molar refractivity (Wildman–Crippen MR) is 149 cm³/mol. The molecule has 0 aliphatic carbocycles. The van der Waals surface area contributed by atoms with Crippen LogP contribution in [-0.4, -0.2) is 46.1 Å². The Bertz CT molecular complexity index is 1590. The van der Waals surface area contributed by atoms with Gasteiger partial charge in [-0.25, -0.2) is 9.18 Å². The SMILES string of the molecule is C=C(/C=C\C(=C/C)NC(=O)c1n[nH]c2ccc(-c3cncc(NC(=O)N(C)C)c3)cc12)Oc1ccc(F)cc1. The molecule has 9 nitrogen and oxygen atoms in total. The summed E-state index contributed by atoms with van der Waals surface area (Å²) in [6.45, 7) is 5.60. The van der Waals surface area contributed by atoms with Gasteiger partial charge in [0.2, 0.25) is 0 Å². The Kier molecular flexibility index (Phi) is 8.15. The minimum atomic E-state index is -0.411. The van der Waals surface area contributed by atoms with Crippen LogP contribution in [0.1, 0.15) is 17.4 Å². The van der Waals surface area contributed by atoms with E-state index in [1.807, 2.05) is 18.2 Å². The molecule has 0 aliphatic rings. The molecule has 3 N–H and O–H groups in total. The van der Waals surface area contributed by atoms with Crippen molar-refractivity contribution in [2.24, 2.45) is 0 Å². The first kappa shape index (κ1) is 26.8. The van der Waals surface area contributed by atoms with Gasteiger partial charge in [0.25, 0.3) is 5.91 Å². The van der Waals surface area contributed by atoms with Crippen LogP contribution in [0.2, 0.25) is 0 Å². The van der Waals surface area contributed by atoms with Crippen LogP contribution in [0.4, 0.5) is 14.9 Å². The molecule has 4 aromatic rings. The normalized spacial score (nSPS) is 11.4. The largest absolute Gasteiger partial charge is 0.458 e. The number of fused-ring (bicyclic) bond motifs is 1. The van der Waals surface area contributed by atoms with E-state index < -0.39 is 5.91 Å². The smallest absolute Gasteiger partial charge is 0.321 e. The fourth-order valence-electron chi connectivity index (χ4n) is 3.54. The zero-order valence-corrected chi connectivity index (χ0v) is 21.7. The molecular weight excluding hydrogens is 499 g/mol. The van der Waals surface area contributed by atoms with E-state index in [0.717, 1.165) is 11.1 Å². The standard InChI is InChI=1S/C29H27FN6O3/c1-5-22(10-6-18(2)39-24-11-8-21(30)9-12-24)32-28(37)27-25-15-19(7-13-26(25)34-35-27)20-14-23(17-31-16-20)33-29(38)36(3)4/h5-17H,2H2,1,3-4H3,(H,32,37)(H,33,38)(H,34,35)/b10-6-,22-5+. The molecule has 3 amide bonds. The summed E-state index contributed by atoms with van der Waals surface area (Å²) in [5, 5.41) is 13.3. The van der Waals surface area contributed by atoms with E-state index in [0.29, 0.717) is 33.8 Å². The van der Waals surface area contributed by atoms with E-state index in [2.05, 4.69) is 32.4 Å². The van der Waals surface area contributed by atoms with Crippen molar-refractivity contribution < 1.29 is 18.7 Å². The van der Waals surface area contributed by atoms with Gasteiger partial charge in [-0.1, -0.05) is 18.7 Å². The monoisotopic (exact) mass is 526 g/mol. The Labute approximate surface area is 224 Å². The number of nitrogens with one attached hydrogen (secondary N) is 3. The fraction of sp³-hybridized carbons (Fsp3) is 0.103. The number of urea groups is 1. The third-order valence-corrected chi connectivity index (χ3v) is 5.59. The lowest BCUT2D eigenvalue weighted by atomic mass is 10.0. The molecular formula is C29H27FN6O3. The van der Waals surface area contributed by atoms with E-state index in [4.69, 9.17) is 4.74 Å². The molecule has 10 heteroatoms. The molecule has 2 aromatic carbocycles. The Morgan fingerprint density at radius 3 is 2.54 bits per heavy atom. The van der Waals surface area contributed by atoms with Crippen LogP contribution in [-0.2, 0) is 0 Å². The molecule has 0 fully saturated rings. The lowest BCUT2D eigenvalue weighted by Crippen LogP contribution is -2.27. The van der Waals surface area contributed by atoms with Crippen molar-refractivity contribution in [1.82, 2.24) is 25.4 Å². The highest BCUT2D eigenvalue weighted by Crippen LogP contribution is 2.27. The van der Waals surface area contributed by atoms with Crippen molar-refractivity contribution in [2.45, 2.75) is 6.92 Å². The maximum atomic E-state index is 13.1. The molecule has 0 radical (unpaired) electrons. The second-order valence-corrected chi connectivity index (χ2v) is 8.67. The van der Waals surface area contributed by atoms with Gasteiger partial charge in [-0.3, -0.25) is 14.9 Å². The average molecular weight is 527 g/mol. The van der Waals surface area contributed by atoms with Crippen LogP contribution in [0, 0.1) is 5.82 Å². The van der Waals surface area contributed by atoms with E-state index in [1.54, 1.807) is 57.7 Å². The van der Waals surface area contributed by atoms with Gasteiger partial charge in [-0.05, 0) is 67.1 Å². The number of hydrogen-bond donors (Lipinski definition) is 3. The van der Waals surface area contributed by atoms with Gasteiger partial charge >= 0.3 is 6.03 Å². The van der Waals surface area contributed by atoms with Crippen molar-refractivity contribution in [1.29, 1.82) is 0 Å². The number of aromatic amines is 1. The van der Waals surface area contributed by atoms with Gasteiger partial charge in [0.15, 0.2) is 5.69 Å². The van der Waals surface area contributed by atoms with Crippen LogP contribution in [0.15, 0.2) is 97.2 Å². The zero-order valence-electron chi connectivity index (χ0n) is 21.7. The van der Waals surface area contributed by atoms with Gasteiger partial charge in [0.05, 0.1) is 17.4 Å². The summed E-state index contributed by atoms with van der Waals surface area (Å²) in [7, 11) is 3.30. The van der Waals surface area contributed by atoms with Gasteiger partial charge in [0.1, 0.15) is 17.3 Å². The minimum absolute atomic E-state index is 0.214. The lowest BCUT2D eigenvalue weighted by Gasteiger charge is -2.12. The van der Waals surface area contributed by atoms with Crippen LogP contribution in [0.25, 0.3) is 22.0 Å². The van der Waals surface area contributed by atoms with Crippen LogP contribution >= 0.6 is 0 Å². The van der Waals surface area contributed by atoms with Crippen LogP contribution in [0.3, 0.4) is 0 Å². The number of benzene rings is 2. The number of carbonyl (C=O) groups is 2. The number of halogens is 1.